The Bertz CT molecular complexity index is 431. The van der Waals surface area contributed by atoms with Crippen LogP contribution in [0.2, 0.25) is 5.02 Å². The highest BCUT2D eigenvalue weighted by Crippen LogP contribution is 2.27. The van der Waals surface area contributed by atoms with Crippen LogP contribution in [0, 0.1) is 0 Å². The van der Waals surface area contributed by atoms with E-state index in [2.05, 4.69) is 29.3 Å². The molecule has 0 spiro atoms. The van der Waals surface area contributed by atoms with E-state index in [1.807, 2.05) is 12.1 Å². The lowest BCUT2D eigenvalue weighted by Gasteiger charge is -2.33. The number of nitrogens with one attached hydrogen (secondary N) is 1. The minimum atomic E-state index is 0.531. The Kier molecular flexibility index (Phi) is 4.65. The van der Waals surface area contributed by atoms with Gasteiger partial charge in [-0.05, 0) is 56.8 Å². The molecule has 20 heavy (non-hydrogen) atoms. The van der Waals surface area contributed by atoms with Crippen molar-refractivity contribution in [3.63, 3.8) is 0 Å². The fourth-order valence-corrected chi connectivity index (χ4v) is 3.97. The molecule has 2 saturated heterocycles. The summed E-state index contributed by atoms with van der Waals surface area (Å²) in [6.07, 6.45) is 6.58. The van der Waals surface area contributed by atoms with E-state index in [9.17, 15) is 0 Å². The van der Waals surface area contributed by atoms with E-state index in [1.165, 1.54) is 44.3 Å². The van der Waals surface area contributed by atoms with Crippen molar-refractivity contribution >= 4 is 11.6 Å². The van der Waals surface area contributed by atoms with E-state index in [0.717, 1.165) is 17.5 Å². The third-order valence-corrected chi connectivity index (χ3v) is 5.06. The summed E-state index contributed by atoms with van der Waals surface area (Å²) in [5.41, 5.74) is 1.37. The van der Waals surface area contributed by atoms with Gasteiger partial charge in [0.25, 0.3) is 0 Å². The molecule has 2 aliphatic rings. The predicted octanol–water partition coefficient (Wildman–Crippen LogP) is 3.49. The van der Waals surface area contributed by atoms with Crippen molar-refractivity contribution < 1.29 is 0 Å². The van der Waals surface area contributed by atoms with Crippen LogP contribution in [-0.4, -0.2) is 36.1 Å². The molecule has 1 N–H and O–H groups in total. The maximum Gasteiger partial charge on any atom is 0.0406 e. The summed E-state index contributed by atoms with van der Waals surface area (Å²) in [5, 5.41) is 4.69. The average molecular weight is 293 g/mol. The second-order valence-corrected chi connectivity index (χ2v) is 6.83. The molecular weight excluding hydrogens is 268 g/mol. The van der Waals surface area contributed by atoms with E-state index in [4.69, 9.17) is 11.6 Å². The minimum absolute atomic E-state index is 0.531. The fourth-order valence-electron chi connectivity index (χ4n) is 3.84. The molecular formula is C17H25ClN2. The summed E-state index contributed by atoms with van der Waals surface area (Å²) in [4.78, 5) is 2.69. The van der Waals surface area contributed by atoms with E-state index < -0.39 is 0 Å². The van der Waals surface area contributed by atoms with E-state index in [0.29, 0.717) is 12.1 Å². The van der Waals surface area contributed by atoms with Crippen molar-refractivity contribution in [1.29, 1.82) is 0 Å². The third-order valence-electron chi connectivity index (χ3n) is 4.81. The molecule has 0 radical (unpaired) electrons. The Morgan fingerprint density at radius 2 is 2.00 bits per heavy atom. The molecule has 3 unspecified atom stereocenters. The third kappa shape index (κ3) is 3.36. The van der Waals surface area contributed by atoms with Crippen LogP contribution in [0.25, 0.3) is 0 Å². The maximum atomic E-state index is 5.94. The van der Waals surface area contributed by atoms with Gasteiger partial charge >= 0.3 is 0 Å². The Morgan fingerprint density at radius 1 is 1.20 bits per heavy atom. The number of benzene rings is 1. The van der Waals surface area contributed by atoms with Gasteiger partial charge in [0.05, 0.1) is 0 Å². The minimum Gasteiger partial charge on any atom is -0.310 e. The van der Waals surface area contributed by atoms with E-state index in [1.54, 1.807) is 0 Å². The lowest BCUT2D eigenvalue weighted by molar-refractivity contribution is 0.177. The lowest BCUT2D eigenvalue weighted by atomic mass is 9.97. The molecule has 0 aromatic heterocycles. The van der Waals surface area contributed by atoms with Gasteiger partial charge in [-0.25, -0.2) is 0 Å². The molecule has 2 fully saturated rings. The molecule has 3 atom stereocenters. The summed E-state index contributed by atoms with van der Waals surface area (Å²) >= 11 is 5.94. The van der Waals surface area contributed by atoms with Crippen molar-refractivity contribution in [3.8, 4) is 0 Å². The molecule has 1 aromatic rings. The summed E-state index contributed by atoms with van der Waals surface area (Å²) in [6.45, 7) is 4.91. The number of fused-ring (bicyclic) bond motifs is 1. The molecule has 0 amide bonds. The summed E-state index contributed by atoms with van der Waals surface area (Å²) in [7, 11) is 0. The van der Waals surface area contributed by atoms with Gasteiger partial charge in [0, 0.05) is 29.7 Å². The van der Waals surface area contributed by atoms with Crippen LogP contribution in [0.15, 0.2) is 24.3 Å². The van der Waals surface area contributed by atoms with Gasteiger partial charge in [0.2, 0.25) is 0 Å². The van der Waals surface area contributed by atoms with E-state index >= 15 is 0 Å². The highest BCUT2D eigenvalue weighted by molar-refractivity contribution is 6.30. The quantitative estimate of drug-likeness (QED) is 0.914. The van der Waals surface area contributed by atoms with Gasteiger partial charge in [0.1, 0.15) is 0 Å². The number of hydrogen-bond acceptors (Lipinski definition) is 2. The zero-order chi connectivity index (χ0) is 13.9. The van der Waals surface area contributed by atoms with Crippen LogP contribution in [0.3, 0.4) is 0 Å². The molecule has 0 bridgehead atoms. The zero-order valence-electron chi connectivity index (χ0n) is 12.3. The van der Waals surface area contributed by atoms with Gasteiger partial charge in [-0.3, -0.25) is 4.90 Å². The smallest absolute Gasteiger partial charge is 0.0406 e. The Morgan fingerprint density at radius 3 is 2.80 bits per heavy atom. The molecule has 2 heterocycles. The second-order valence-electron chi connectivity index (χ2n) is 6.39. The molecule has 2 nitrogen and oxygen atoms in total. The van der Waals surface area contributed by atoms with Crippen molar-refractivity contribution in [2.24, 2.45) is 0 Å². The number of hydrogen-bond donors (Lipinski definition) is 1. The van der Waals surface area contributed by atoms with Gasteiger partial charge < -0.3 is 5.32 Å². The van der Waals surface area contributed by atoms with Crippen molar-refractivity contribution in [2.45, 2.75) is 57.2 Å². The zero-order valence-corrected chi connectivity index (χ0v) is 13.1. The van der Waals surface area contributed by atoms with Gasteiger partial charge in [-0.15, -0.1) is 0 Å². The molecule has 3 rings (SSSR count). The van der Waals surface area contributed by atoms with Gasteiger partial charge in [0.15, 0.2) is 0 Å². The highest BCUT2D eigenvalue weighted by Gasteiger charge is 2.35. The standard InChI is InChI=1S/C17H25ClN2/c1-13(12-14-5-7-15(18)8-6-14)19-16-9-11-20-10-3-2-4-17(16)20/h5-8,13,16-17,19H,2-4,9-12H2,1H3. The van der Waals surface area contributed by atoms with Crippen LogP contribution in [-0.2, 0) is 6.42 Å². The Balaban J connectivity index is 1.53. The molecule has 2 aliphatic heterocycles. The topological polar surface area (TPSA) is 15.3 Å². The molecule has 1 aromatic carbocycles. The number of nitrogens with zero attached hydrogens (tertiary/aromatic N) is 1. The summed E-state index contributed by atoms with van der Waals surface area (Å²) in [6, 6.07) is 10.3. The lowest BCUT2D eigenvalue weighted by Crippen LogP contribution is -2.48. The Hall–Kier alpha value is -0.570. The maximum absolute atomic E-state index is 5.94. The van der Waals surface area contributed by atoms with Gasteiger partial charge in [-0.1, -0.05) is 30.2 Å². The van der Waals surface area contributed by atoms with E-state index in [-0.39, 0.29) is 0 Å². The first kappa shape index (κ1) is 14.4. The number of halogens is 1. The molecule has 0 aliphatic carbocycles. The number of rotatable bonds is 4. The molecule has 110 valence electrons. The van der Waals surface area contributed by atoms with Crippen LogP contribution < -0.4 is 5.32 Å². The SMILES string of the molecule is CC(Cc1ccc(Cl)cc1)NC1CCN2CCCCC12. The monoisotopic (exact) mass is 292 g/mol. The number of piperidine rings is 1. The van der Waals surface area contributed by atoms with Crippen LogP contribution in [0.4, 0.5) is 0 Å². The van der Waals surface area contributed by atoms with Crippen molar-refractivity contribution in [2.75, 3.05) is 13.1 Å². The van der Waals surface area contributed by atoms with Gasteiger partial charge in [-0.2, -0.15) is 0 Å². The molecule has 0 saturated carbocycles. The summed E-state index contributed by atoms with van der Waals surface area (Å²) in [5.74, 6) is 0. The summed E-state index contributed by atoms with van der Waals surface area (Å²) < 4.78 is 0. The molecule has 3 heteroatoms. The van der Waals surface area contributed by atoms with Crippen molar-refractivity contribution in [3.05, 3.63) is 34.9 Å². The van der Waals surface area contributed by atoms with Crippen LogP contribution >= 0.6 is 11.6 Å². The first-order valence-electron chi connectivity index (χ1n) is 7.97. The second kappa shape index (κ2) is 6.46. The normalized spacial score (nSPS) is 28.3. The highest BCUT2D eigenvalue weighted by atomic mass is 35.5. The largest absolute Gasteiger partial charge is 0.310 e. The van der Waals surface area contributed by atoms with Crippen LogP contribution in [0.5, 0.6) is 0 Å². The average Bonchev–Trinajstić information content (AvgIpc) is 2.85. The predicted molar refractivity (Wildman–Crippen MR) is 85.4 cm³/mol. The van der Waals surface area contributed by atoms with Crippen molar-refractivity contribution in [1.82, 2.24) is 10.2 Å². The fraction of sp³-hybridized carbons (Fsp3) is 0.647. The van der Waals surface area contributed by atoms with Crippen LogP contribution in [0.1, 0.15) is 38.2 Å². The first-order valence-corrected chi connectivity index (χ1v) is 8.35. The Labute approximate surface area is 127 Å². The first-order chi connectivity index (χ1) is 9.72.